The second-order valence-corrected chi connectivity index (χ2v) is 6.50. The molecule has 1 aliphatic heterocycles. The van der Waals surface area contributed by atoms with Crippen LogP contribution in [0.2, 0.25) is 0 Å². The van der Waals surface area contributed by atoms with E-state index in [1.54, 1.807) is 0 Å². The Labute approximate surface area is 113 Å². The molecule has 106 valence electrons. The zero-order valence-corrected chi connectivity index (χ0v) is 13.1. The van der Waals surface area contributed by atoms with Crippen LogP contribution < -0.4 is 0 Å². The highest BCUT2D eigenvalue weighted by atomic mass is 16.2. The average molecular weight is 253 g/mol. The van der Waals surface area contributed by atoms with Gasteiger partial charge in [-0.25, -0.2) is 0 Å². The summed E-state index contributed by atoms with van der Waals surface area (Å²) in [4.78, 5) is 14.9. The van der Waals surface area contributed by atoms with Crippen LogP contribution in [0.4, 0.5) is 0 Å². The van der Waals surface area contributed by atoms with Gasteiger partial charge in [-0.05, 0) is 31.1 Å². The molecule has 1 amide bonds. The fourth-order valence-electron chi connectivity index (χ4n) is 3.38. The zero-order valence-electron chi connectivity index (χ0n) is 13.1. The maximum atomic E-state index is 12.8. The summed E-state index contributed by atoms with van der Waals surface area (Å²) in [6, 6.07) is 0.438. The average Bonchev–Trinajstić information content (AvgIpc) is 2.69. The maximum absolute atomic E-state index is 12.8. The Morgan fingerprint density at radius 3 is 2.28 bits per heavy atom. The van der Waals surface area contributed by atoms with Gasteiger partial charge in [-0.1, -0.05) is 47.5 Å². The number of hydrogen-bond acceptors (Lipinski definition) is 1. The van der Waals surface area contributed by atoms with E-state index in [1.165, 1.54) is 12.8 Å². The Morgan fingerprint density at radius 2 is 1.89 bits per heavy atom. The first kappa shape index (κ1) is 15.5. The van der Waals surface area contributed by atoms with Gasteiger partial charge < -0.3 is 4.90 Å². The minimum Gasteiger partial charge on any atom is -0.339 e. The largest absolute Gasteiger partial charge is 0.339 e. The Morgan fingerprint density at radius 1 is 1.28 bits per heavy atom. The molecule has 0 saturated carbocycles. The van der Waals surface area contributed by atoms with Gasteiger partial charge in [0.15, 0.2) is 0 Å². The molecule has 1 fully saturated rings. The van der Waals surface area contributed by atoms with E-state index in [0.29, 0.717) is 29.7 Å². The van der Waals surface area contributed by atoms with Gasteiger partial charge in [0.2, 0.25) is 5.91 Å². The molecule has 0 spiro atoms. The highest BCUT2D eigenvalue weighted by molar-refractivity contribution is 5.80. The van der Waals surface area contributed by atoms with Crippen LogP contribution in [0, 0.1) is 23.7 Å². The second-order valence-electron chi connectivity index (χ2n) is 6.50. The van der Waals surface area contributed by atoms with Crippen LogP contribution in [0.3, 0.4) is 0 Å². The van der Waals surface area contributed by atoms with Crippen molar-refractivity contribution in [3.8, 4) is 0 Å². The van der Waals surface area contributed by atoms with Crippen molar-refractivity contribution < 1.29 is 4.79 Å². The maximum Gasteiger partial charge on any atom is 0.226 e. The lowest BCUT2D eigenvalue weighted by molar-refractivity contribution is -0.139. The molecule has 0 aromatic carbocycles. The van der Waals surface area contributed by atoms with E-state index in [4.69, 9.17) is 0 Å². The Balaban J connectivity index is 2.78. The molecule has 0 N–H and O–H groups in total. The molecule has 1 rings (SSSR count). The third-order valence-electron chi connectivity index (χ3n) is 4.78. The van der Waals surface area contributed by atoms with Crippen LogP contribution in [-0.2, 0) is 4.79 Å². The number of amides is 1. The van der Waals surface area contributed by atoms with Crippen molar-refractivity contribution in [3.05, 3.63) is 0 Å². The van der Waals surface area contributed by atoms with Gasteiger partial charge in [0.05, 0.1) is 0 Å². The molecule has 0 radical (unpaired) electrons. The van der Waals surface area contributed by atoms with Crippen LogP contribution in [0.25, 0.3) is 0 Å². The van der Waals surface area contributed by atoms with Crippen molar-refractivity contribution in [3.63, 3.8) is 0 Å². The van der Waals surface area contributed by atoms with Crippen molar-refractivity contribution in [2.24, 2.45) is 23.7 Å². The summed E-state index contributed by atoms with van der Waals surface area (Å²) >= 11 is 0. The molecular formula is C16H31NO. The summed E-state index contributed by atoms with van der Waals surface area (Å²) < 4.78 is 0. The van der Waals surface area contributed by atoms with E-state index < -0.39 is 0 Å². The SMILES string of the molecule is CCC1C[C@@H](C)N(C(=O)C(C(C)C)C(C)CC)C1. The lowest BCUT2D eigenvalue weighted by Gasteiger charge is -2.32. The van der Waals surface area contributed by atoms with E-state index in [2.05, 4.69) is 46.4 Å². The van der Waals surface area contributed by atoms with Crippen LogP contribution in [0.5, 0.6) is 0 Å². The minimum absolute atomic E-state index is 0.202. The van der Waals surface area contributed by atoms with Crippen LogP contribution >= 0.6 is 0 Å². The van der Waals surface area contributed by atoms with Crippen LogP contribution in [-0.4, -0.2) is 23.4 Å². The third kappa shape index (κ3) is 3.27. The molecule has 18 heavy (non-hydrogen) atoms. The highest BCUT2D eigenvalue weighted by Crippen LogP contribution is 2.31. The van der Waals surface area contributed by atoms with Gasteiger partial charge in [-0.3, -0.25) is 4.79 Å². The first-order valence-corrected chi connectivity index (χ1v) is 7.72. The molecular weight excluding hydrogens is 222 g/mol. The minimum atomic E-state index is 0.202. The number of likely N-dealkylation sites (tertiary alicyclic amines) is 1. The quantitative estimate of drug-likeness (QED) is 0.726. The number of nitrogens with zero attached hydrogens (tertiary/aromatic N) is 1. The van der Waals surface area contributed by atoms with Gasteiger partial charge >= 0.3 is 0 Å². The molecule has 3 unspecified atom stereocenters. The predicted octanol–water partition coefficient (Wildman–Crippen LogP) is 3.95. The molecule has 2 heteroatoms. The highest BCUT2D eigenvalue weighted by Gasteiger charge is 2.37. The molecule has 1 heterocycles. The van der Waals surface area contributed by atoms with Crippen molar-refractivity contribution in [2.45, 2.75) is 66.8 Å². The normalized spacial score (nSPS) is 27.6. The molecule has 0 bridgehead atoms. The van der Waals surface area contributed by atoms with E-state index in [9.17, 15) is 4.79 Å². The third-order valence-corrected chi connectivity index (χ3v) is 4.78. The van der Waals surface area contributed by atoms with Crippen LogP contribution in [0.1, 0.15) is 60.8 Å². The van der Waals surface area contributed by atoms with Gasteiger partial charge in [-0.2, -0.15) is 0 Å². The lowest BCUT2D eigenvalue weighted by Crippen LogP contribution is -2.42. The molecule has 0 aromatic heterocycles. The van der Waals surface area contributed by atoms with Crippen LogP contribution in [0.15, 0.2) is 0 Å². The summed E-state index contributed by atoms with van der Waals surface area (Å²) in [6.07, 6.45) is 3.48. The number of hydrogen-bond donors (Lipinski definition) is 0. The van der Waals surface area contributed by atoms with Gasteiger partial charge in [0.25, 0.3) is 0 Å². The first-order valence-electron chi connectivity index (χ1n) is 7.72. The summed E-state index contributed by atoms with van der Waals surface area (Å²) in [5.41, 5.74) is 0. The summed E-state index contributed by atoms with van der Waals surface area (Å²) in [5.74, 6) is 2.26. The van der Waals surface area contributed by atoms with Crippen molar-refractivity contribution in [1.29, 1.82) is 0 Å². The zero-order chi connectivity index (χ0) is 13.9. The number of rotatable bonds is 5. The van der Waals surface area contributed by atoms with Crippen molar-refractivity contribution in [2.75, 3.05) is 6.54 Å². The van der Waals surface area contributed by atoms with E-state index in [-0.39, 0.29) is 5.92 Å². The standard InChI is InChI=1S/C16H31NO/c1-7-12(5)15(11(3)4)16(18)17-10-14(8-2)9-13(17)6/h11-15H,7-10H2,1-6H3/t12?,13-,14?,15?/m1/s1. The van der Waals surface area contributed by atoms with Gasteiger partial charge in [0.1, 0.15) is 0 Å². The monoisotopic (exact) mass is 253 g/mol. The van der Waals surface area contributed by atoms with E-state index >= 15 is 0 Å². The molecule has 0 aliphatic carbocycles. The number of carbonyl (C=O) groups is 1. The molecule has 4 atom stereocenters. The Kier molecular flexibility index (Phi) is 5.68. The van der Waals surface area contributed by atoms with E-state index in [1.807, 2.05) is 0 Å². The fraction of sp³-hybridized carbons (Fsp3) is 0.938. The van der Waals surface area contributed by atoms with Crippen molar-refractivity contribution >= 4 is 5.91 Å². The number of carbonyl (C=O) groups excluding carboxylic acids is 1. The fourth-order valence-corrected chi connectivity index (χ4v) is 3.38. The molecule has 2 nitrogen and oxygen atoms in total. The molecule has 1 aliphatic rings. The predicted molar refractivity (Wildman–Crippen MR) is 77.4 cm³/mol. The topological polar surface area (TPSA) is 20.3 Å². The summed E-state index contributed by atoms with van der Waals surface area (Å²) in [5, 5.41) is 0. The molecule has 1 saturated heterocycles. The Hall–Kier alpha value is -0.530. The van der Waals surface area contributed by atoms with Gasteiger partial charge in [0, 0.05) is 18.5 Å². The van der Waals surface area contributed by atoms with E-state index in [0.717, 1.165) is 13.0 Å². The Bertz CT molecular complexity index is 274. The summed E-state index contributed by atoms with van der Waals surface area (Å²) in [6.45, 7) is 14.2. The molecule has 0 aromatic rings. The smallest absolute Gasteiger partial charge is 0.226 e. The lowest BCUT2D eigenvalue weighted by atomic mass is 9.82. The second kappa shape index (κ2) is 6.58. The van der Waals surface area contributed by atoms with Crippen molar-refractivity contribution in [1.82, 2.24) is 4.90 Å². The van der Waals surface area contributed by atoms with Gasteiger partial charge in [-0.15, -0.1) is 0 Å². The summed E-state index contributed by atoms with van der Waals surface area (Å²) in [7, 11) is 0. The first-order chi connectivity index (χ1) is 8.42.